The summed E-state index contributed by atoms with van der Waals surface area (Å²) in [4.78, 5) is 19.6. The van der Waals surface area contributed by atoms with Crippen molar-refractivity contribution in [3.63, 3.8) is 0 Å². The van der Waals surface area contributed by atoms with Crippen LogP contribution >= 0.6 is 61.7 Å². The number of carbonyl (C=O) groups excluding carboxylic acids is 1. The van der Waals surface area contributed by atoms with Crippen molar-refractivity contribution >= 4 is 79.3 Å². The van der Waals surface area contributed by atoms with E-state index >= 15 is 0 Å². The van der Waals surface area contributed by atoms with Crippen molar-refractivity contribution in [3.8, 4) is 0 Å². The Hall–Kier alpha value is -1.09. The van der Waals surface area contributed by atoms with Gasteiger partial charge in [-0.2, -0.15) is 0 Å². The molecular formula is C19H13BrCl2IN3O. The molecule has 1 amide bonds. The molecule has 4 nitrogen and oxygen atoms in total. The molecule has 4 rings (SSSR count). The summed E-state index contributed by atoms with van der Waals surface area (Å²) in [6, 6.07) is 13.1. The van der Waals surface area contributed by atoms with E-state index in [0.717, 1.165) is 13.7 Å². The van der Waals surface area contributed by atoms with E-state index in [1.54, 1.807) is 29.3 Å². The number of benzene rings is 2. The van der Waals surface area contributed by atoms with E-state index in [2.05, 4.69) is 43.5 Å². The van der Waals surface area contributed by atoms with Crippen molar-refractivity contribution in [3.05, 3.63) is 72.4 Å². The van der Waals surface area contributed by atoms with Gasteiger partial charge in [0.2, 0.25) is 5.95 Å². The molecular weight excluding hydrogens is 564 g/mol. The van der Waals surface area contributed by atoms with Crippen LogP contribution < -0.4 is 4.90 Å². The monoisotopic (exact) mass is 575 g/mol. The van der Waals surface area contributed by atoms with Crippen LogP contribution in [-0.4, -0.2) is 15.5 Å². The Bertz CT molecular complexity index is 1030. The summed E-state index contributed by atoms with van der Waals surface area (Å²) in [5.74, 6) is 0.507. The number of imidazole rings is 1. The second-order valence-corrected chi connectivity index (χ2v) is 9.46. The third kappa shape index (κ3) is 3.30. The fourth-order valence-electron chi connectivity index (χ4n) is 3.42. The lowest BCUT2D eigenvalue weighted by atomic mass is 9.92. The Morgan fingerprint density at radius 1 is 1.15 bits per heavy atom. The minimum absolute atomic E-state index is 0.0650. The molecule has 1 aliphatic heterocycles. The van der Waals surface area contributed by atoms with Gasteiger partial charge in [-0.25, -0.2) is 9.88 Å². The minimum atomic E-state index is -0.801. The molecule has 1 aliphatic rings. The number of amides is 1. The highest BCUT2D eigenvalue weighted by molar-refractivity contribution is 14.1. The molecule has 3 aromatic rings. The standard InChI is InChI=1S/C19H13BrCl2IN3O/c1-19(9-11-2-4-12(20)5-3-11)17(27)25(18-24-10-16(23)26(18)19)15-7-13(21)6-14(22)8-15/h2-8,10H,9H2,1H3. The van der Waals surface area contributed by atoms with Crippen molar-refractivity contribution < 1.29 is 4.79 Å². The first kappa shape index (κ1) is 19.2. The van der Waals surface area contributed by atoms with Gasteiger partial charge in [0.25, 0.3) is 5.91 Å². The Labute approximate surface area is 188 Å². The van der Waals surface area contributed by atoms with Crippen LogP contribution in [-0.2, 0) is 16.8 Å². The van der Waals surface area contributed by atoms with Gasteiger partial charge >= 0.3 is 0 Å². The molecule has 1 aromatic heterocycles. The van der Waals surface area contributed by atoms with Crippen molar-refractivity contribution in [1.82, 2.24) is 9.55 Å². The summed E-state index contributed by atoms with van der Waals surface area (Å²) in [6.45, 7) is 1.94. The maximum absolute atomic E-state index is 13.6. The summed E-state index contributed by atoms with van der Waals surface area (Å²) >= 11 is 18.0. The molecule has 0 saturated carbocycles. The molecule has 0 spiro atoms. The van der Waals surface area contributed by atoms with Gasteiger partial charge in [0.15, 0.2) is 0 Å². The third-order valence-electron chi connectivity index (χ3n) is 4.62. The highest BCUT2D eigenvalue weighted by Gasteiger charge is 2.50. The summed E-state index contributed by atoms with van der Waals surface area (Å²) in [6.07, 6.45) is 2.31. The van der Waals surface area contributed by atoms with E-state index < -0.39 is 5.54 Å². The highest BCUT2D eigenvalue weighted by Crippen LogP contribution is 2.43. The lowest BCUT2D eigenvalue weighted by molar-refractivity contribution is -0.124. The zero-order valence-corrected chi connectivity index (χ0v) is 19.3. The van der Waals surface area contributed by atoms with Crippen LogP contribution in [0.4, 0.5) is 11.6 Å². The van der Waals surface area contributed by atoms with Gasteiger partial charge in [0.05, 0.1) is 11.9 Å². The minimum Gasteiger partial charge on any atom is -0.289 e. The van der Waals surface area contributed by atoms with Crippen molar-refractivity contribution in [2.45, 2.75) is 18.9 Å². The van der Waals surface area contributed by atoms with Gasteiger partial charge in [-0.3, -0.25) is 9.36 Å². The van der Waals surface area contributed by atoms with Crippen molar-refractivity contribution in [1.29, 1.82) is 0 Å². The Kier molecular flexibility index (Phi) is 5.03. The number of carbonyl (C=O) groups is 1. The van der Waals surface area contributed by atoms with Gasteiger partial charge in [-0.05, 0) is 65.4 Å². The van der Waals surface area contributed by atoms with Gasteiger partial charge in [-0.15, -0.1) is 0 Å². The van der Waals surface area contributed by atoms with E-state index in [9.17, 15) is 4.79 Å². The molecule has 1 unspecified atom stereocenters. The van der Waals surface area contributed by atoms with Gasteiger partial charge in [0.1, 0.15) is 9.24 Å². The lowest BCUT2D eigenvalue weighted by Gasteiger charge is -2.26. The second-order valence-electron chi connectivity index (χ2n) is 6.56. The first-order valence-electron chi connectivity index (χ1n) is 8.08. The van der Waals surface area contributed by atoms with Crippen molar-refractivity contribution in [2.75, 3.05) is 4.90 Å². The summed E-state index contributed by atoms with van der Waals surface area (Å²) in [5.41, 5.74) is 0.876. The molecule has 0 aliphatic carbocycles. The molecule has 8 heteroatoms. The molecule has 2 aromatic carbocycles. The van der Waals surface area contributed by atoms with E-state index in [1.165, 1.54) is 0 Å². The maximum atomic E-state index is 13.6. The van der Waals surface area contributed by atoms with Crippen LogP contribution in [0.2, 0.25) is 10.0 Å². The number of fused-ring (bicyclic) bond motifs is 1. The number of anilines is 2. The Balaban J connectivity index is 1.83. The first-order valence-corrected chi connectivity index (χ1v) is 10.7. The van der Waals surface area contributed by atoms with Crippen LogP contribution in [0.15, 0.2) is 53.1 Å². The van der Waals surface area contributed by atoms with E-state index in [0.29, 0.717) is 28.1 Å². The molecule has 27 heavy (non-hydrogen) atoms. The van der Waals surface area contributed by atoms with E-state index in [4.69, 9.17) is 23.2 Å². The molecule has 0 bridgehead atoms. The number of halogens is 4. The average molecular weight is 577 g/mol. The molecule has 0 radical (unpaired) electrons. The Morgan fingerprint density at radius 2 is 1.78 bits per heavy atom. The molecule has 138 valence electrons. The molecule has 0 saturated heterocycles. The van der Waals surface area contributed by atoms with Crippen LogP contribution in [0, 0.1) is 3.70 Å². The molecule has 2 heterocycles. The number of rotatable bonds is 3. The normalized spacial score (nSPS) is 18.9. The number of nitrogens with zero attached hydrogens (tertiary/aromatic N) is 3. The number of hydrogen-bond donors (Lipinski definition) is 0. The summed E-state index contributed by atoms with van der Waals surface area (Å²) < 4.78 is 3.88. The van der Waals surface area contributed by atoms with Gasteiger partial charge in [0, 0.05) is 20.9 Å². The fraction of sp³-hybridized carbons (Fsp3) is 0.158. The molecule has 1 atom stereocenters. The quantitative estimate of drug-likeness (QED) is 0.349. The number of hydrogen-bond acceptors (Lipinski definition) is 2. The smallest absolute Gasteiger partial charge is 0.260 e. The van der Waals surface area contributed by atoms with Gasteiger partial charge < -0.3 is 0 Å². The van der Waals surface area contributed by atoms with Crippen LogP contribution in [0.3, 0.4) is 0 Å². The van der Waals surface area contributed by atoms with Crippen LogP contribution in [0.1, 0.15) is 12.5 Å². The highest BCUT2D eigenvalue weighted by atomic mass is 127. The predicted molar refractivity (Wildman–Crippen MR) is 120 cm³/mol. The second kappa shape index (κ2) is 7.06. The zero-order chi connectivity index (χ0) is 19.3. The largest absolute Gasteiger partial charge is 0.289 e. The van der Waals surface area contributed by atoms with Gasteiger partial charge in [-0.1, -0.05) is 51.3 Å². The van der Waals surface area contributed by atoms with Crippen molar-refractivity contribution in [2.24, 2.45) is 0 Å². The SMILES string of the molecule is CC1(Cc2ccc(Br)cc2)C(=O)N(c2cc(Cl)cc(Cl)c2)c2ncc(I)n21. The van der Waals surface area contributed by atoms with Crippen LogP contribution in [0.25, 0.3) is 0 Å². The fourth-order valence-corrected chi connectivity index (χ4v) is 5.09. The maximum Gasteiger partial charge on any atom is 0.260 e. The predicted octanol–water partition coefficient (Wildman–Crippen LogP) is 6.19. The van der Waals surface area contributed by atoms with E-state index in [1.807, 2.05) is 35.8 Å². The summed E-state index contributed by atoms with van der Waals surface area (Å²) in [5, 5.41) is 0.944. The average Bonchev–Trinajstić information content (AvgIpc) is 3.07. The number of aromatic nitrogens is 2. The third-order valence-corrected chi connectivity index (χ3v) is 6.35. The zero-order valence-electron chi connectivity index (χ0n) is 14.1. The molecule has 0 fully saturated rings. The summed E-state index contributed by atoms with van der Waals surface area (Å²) in [7, 11) is 0. The molecule has 0 N–H and O–H groups in total. The Morgan fingerprint density at radius 3 is 2.41 bits per heavy atom. The van der Waals surface area contributed by atoms with E-state index in [-0.39, 0.29) is 5.91 Å². The van der Waals surface area contributed by atoms with Crippen LogP contribution in [0.5, 0.6) is 0 Å². The lowest BCUT2D eigenvalue weighted by Crippen LogP contribution is -2.41. The topological polar surface area (TPSA) is 38.1 Å². The first-order chi connectivity index (χ1) is 12.8.